The Balaban J connectivity index is 2.50. The van der Waals surface area contributed by atoms with Crippen LogP contribution in [0.25, 0.3) is 0 Å². The third-order valence-corrected chi connectivity index (χ3v) is 4.40. The van der Waals surface area contributed by atoms with Crippen LogP contribution >= 0.6 is 23.2 Å². The number of ketones is 1. The molecule has 2 aromatic rings. The van der Waals surface area contributed by atoms with Crippen LogP contribution < -0.4 is 0 Å². The van der Waals surface area contributed by atoms with Crippen molar-refractivity contribution in [1.82, 2.24) is 4.57 Å². The summed E-state index contributed by atoms with van der Waals surface area (Å²) in [4.78, 5) is 12.2. The average Bonchev–Trinajstić information content (AvgIpc) is 2.73. The number of carbonyl (C=O) groups excluding carboxylic acids is 1. The van der Waals surface area contributed by atoms with Gasteiger partial charge in [-0.15, -0.1) is 11.6 Å². The first-order valence-corrected chi connectivity index (χ1v) is 7.77. The van der Waals surface area contributed by atoms with E-state index in [-0.39, 0.29) is 11.8 Å². The molecule has 0 aliphatic heterocycles. The van der Waals surface area contributed by atoms with Gasteiger partial charge in [-0.2, -0.15) is 0 Å². The van der Waals surface area contributed by atoms with Crippen molar-refractivity contribution in [2.24, 2.45) is 0 Å². The van der Waals surface area contributed by atoms with Crippen LogP contribution in [0.5, 0.6) is 0 Å². The summed E-state index contributed by atoms with van der Waals surface area (Å²) in [6.45, 7) is 7.73. The Kier molecular flexibility index (Phi) is 4.80. The van der Waals surface area contributed by atoms with Crippen LogP contribution in [0.1, 0.15) is 47.2 Å². The summed E-state index contributed by atoms with van der Waals surface area (Å²) in [6.07, 6.45) is 0. The van der Waals surface area contributed by atoms with E-state index in [1.165, 1.54) is 0 Å². The molecule has 1 aromatic carbocycles. The van der Waals surface area contributed by atoms with Gasteiger partial charge in [0, 0.05) is 22.0 Å². The standard InChI is InChI=1S/C17H19Cl2NO/c1-10-9-15(17(21)11(2)18)13(4)20(10)12(3)14-7-5-6-8-16(14)19/h5-9,11-12H,1-4H3. The predicted molar refractivity (Wildman–Crippen MR) is 88.8 cm³/mol. The molecule has 0 saturated heterocycles. The maximum atomic E-state index is 12.2. The van der Waals surface area contributed by atoms with Gasteiger partial charge < -0.3 is 4.57 Å². The van der Waals surface area contributed by atoms with Crippen LogP contribution in [0.2, 0.25) is 5.02 Å². The second-order valence-electron chi connectivity index (χ2n) is 5.33. The molecule has 1 aromatic heterocycles. The molecule has 0 aliphatic carbocycles. The Bertz CT molecular complexity index is 673. The molecule has 2 unspecified atom stereocenters. The van der Waals surface area contributed by atoms with Crippen LogP contribution in [-0.4, -0.2) is 15.7 Å². The van der Waals surface area contributed by atoms with Crippen molar-refractivity contribution >= 4 is 29.0 Å². The van der Waals surface area contributed by atoms with Crippen molar-refractivity contribution in [3.63, 3.8) is 0 Å². The number of nitrogens with zero attached hydrogens (tertiary/aromatic N) is 1. The summed E-state index contributed by atoms with van der Waals surface area (Å²) in [5.74, 6) is -0.0395. The lowest BCUT2D eigenvalue weighted by Gasteiger charge is -2.20. The molecule has 0 saturated carbocycles. The third-order valence-electron chi connectivity index (χ3n) is 3.85. The van der Waals surface area contributed by atoms with Crippen LogP contribution in [-0.2, 0) is 0 Å². The van der Waals surface area contributed by atoms with E-state index in [0.717, 1.165) is 22.0 Å². The molecule has 2 nitrogen and oxygen atoms in total. The number of aryl methyl sites for hydroxylation is 1. The van der Waals surface area contributed by atoms with Gasteiger partial charge in [-0.1, -0.05) is 29.8 Å². The topological polar surface area (TPSA) is 22.0 Å². The van der Waals surface area contributed by atoms with E-state index in [2.05, 4.69) is 11.5 Å². The number of halogens is 2. The quantitative estimate of drug-likeness (QED) is 0.561. The molecule has 0 aliphatic rings. The molecule has 0 bridgehead atoms. The lowest BCUT2D eigenvalue weighted by Crippen LogP contribution is -2.14. The minimum absolute atomic E-state index is 0.0395. The van der Waals surface area contributed by atoms with Crippen molar-refractivity contribution in [3.05, 3.63) is 57.9 Å². The smallest absolute Gasteiger partial charge is 0.182 e. The Morgan fingerprint density at radius 2 is 1.81 bits per heavy atom. The highest BCUT2D eigenvalue weighted by Crippen LogP contribution is 2.30. The molecule has 4 heteroatoms. The van der Waals surface area contributed by atoms with Crippen LogP contribution in [0.4, 0.5) is 0 Å². The van der Waals surface area contributed by atoms with Crippen LogP contribution in [0, 0.1) is 13.8 Å². The maximum absolute atomic E-state index is 12.2. The molecular weight excluding hydrogens is 305 g/mol. The molecule has 2 atom stereocenters. The first-order chi connectivity index (χ1) is 9.84. The number of hydrogen-bond donors (Lipinski definition) is 0. The molecular formula is C17H19Cl2NO. The molecule has 0 N–H and O–H groups in total. The van der Waals surface area contributed by atoms with Crippen molar-refractivity contribution in [3.8, 4) is 0 Å². The number of rotatable bonds is 4. The summed E-state index contributed by atoms with van der Waals surface area (Å²) < 4.78 is 2.13. The summed E-state index contributed by atoms with van der Waals surface area (Å²) in [5, 5.41) is 0.214. The Labute approximate surface area is 135 Å². The molecule has 21 heavy (non-hydrogen) atoms. The fraction of sp³-hybridized carbons (Fsp3) is 0.353. The van der Waals surface area contributed by atoms with E-state index in [1.807, 2.05) is 44.2 Å². The number of benzene rings is 1. The van der Waals surface area contributed by atoms with Crippen molar-refractivity contribution in [2.45, 2.75) is 39.1 Å². The molecule has 112 valence electrons. The Hall–Kier alpha value is -1.25. The Morgan fingerprint density at radius 3 is 2.38 bits per heavy atom. The fourth-order valence-electron chi connectivity index (χ4n) is 2.79. The zero-order chi connectivity index (χ0) is 15.7. The summed E-state index contributed by atoms with van der Waals surface area (Å²) in [7, 11) is 0. The van der Waals surface area contributed by atoms with E-state index in [1.54, 1.807) is 6.92 Å². The lowest BCUT2D eigenvalue weighted by molar-refractivity contribution is 0.0991. The van der Waals surface area contributed by atoms with E-state index in [9.17, 15) is 4.79 Å². The normalized spacial score (nSPS) is 14.0. The SMILES string of the molecule is Cc1cc(C(=O)C(C)Cl)c(C)n1C(C)c1ccccc1Cl. The van der Waals surface area contributed by atoms with Gasteiger partial charge in [0.2, 0.25) is 0 Å². The van der Waals surface area contributed by atoms with E-state index >= 15 is 0 Å². The maximum Gasteiger partial charge on any atom is 0.182 e. The van der Waals surface area contributed by atoms with Gasteiger partial charge in [-0.05, 0) is 45.4 Å². The summed E-state index contributed by atoms with van der Waals surface area (Å²) in [6, 6.07) is 9.75. The summed E-state index contributed by atoms with van der Waals surface area (Å²) in [5.41, 5.74) is 3.69. The zero-order valence-corrected chi connectivity index (χ0v) is 14.2. The third kappa shape index (κ3) is 3.02. The second kappa shape index (κ2) is 6.25. The Morgan fingerprint density at radius 1 is 1.19 bits per heavy atom. The molecule has 0 radical (unpaired) electrons. The van der Waals surface area contributed by atoms with Crippen molar-refractivity contribution in [2.75, 3.05) is 0 Å². The minimum Gasteiger partial charge on any atom is -0.341 e. The highest BCUT2D eigenvalue weighted by Gasteiger charge is 2.22. The van der Waals surface area contributed by atoms with E-state index in [4.69, 9.17) is 23.2 Å². The van der Waals surface area contributed by atoms with Gasteiger partial charge in [0.1, 0.15) is 0 Å². The molecule has 0 amide bonds. The van der Waals surface area contributed by atoms with Gasteiger partial charge in [-0.25, -0.2) is 0 Å². The van der Waals surface area contributed by atoms with Gasteiger partial charge in [-0.3, -0.25) is 4.79 Å². The second-order valence-corrected chi connectivity index (χ2v) is 6.39. The first-order valence-electron chi connectivity index (χ1n) is 6.95. The highest BCUT2D eigenvalue weighted by molar-refractivity contribution is 6.33. The fourth-order valence-corrected chi connectivity index (χ4v) is 3.20. The first kappa shape index (κ1) is 16.1. The van der Waals surface area contributed by atoms with E-state index in [0.29, 0.717) is 5.56 Å². The predicted octanol–water partition coefficient (Wildman–Crippen LogP) is 5.18. The number of aromatic nitrogens is 1. The number of alkyl halides is 1. The zero-order valence-electron chi connectivity index (χ0n) is 12.7. The lowest BCUT2D eigenvalue weighted by atomic mass is 10.1. The number of hydrogen-bond acceptors (Lipinski definition) is 1. The van der Waals surface area contributed by atoms with Gasteiger partial charge >= 0.3 is 0 Å². The van der Waals surface area contributed by atoms with Gasteiger partial charge in [0.05, 0.1) is 11.4 Å². The van der Waals surface area contributed by atoms with Gasteiger partial charge in [0.15, 0.2) is 5.78 Å². The molecule has 1 heterocycles. The molecule has 0 fully saturated rings. The highest BCUT2D eigenvalue weighted by atomic mass is 35.5. The molecule has 0 spiro atoms. The average molecular weight is 324 g/mol. The monoisotopic (exact) mass is 323 g/mol. The number of Topliss-reactive ketones (excluding diaryl/α,β-unsaturated/α-hetero) is 1. The van der Waals surface area contributed by atoms with Crippen molar-refractivity contribution in [1.29, 1.82) is 0 Å². The van der Waals surface area contributed by atoms with Crippen LogP contribution in [0.3, 0.4) is 0 Å². The van der Waals surface area contributed by atoms with Crippen molar-refractivity contribution < 1.29 is 4.79 Å². The molecule has 2 rings (SSSR count). The van der Waals surface area contributed by atoms with Gasteiger partial charge in [0.25, 0.3) is 0 Å². The van der Waals surface area contributed by atoms with Crippen LogP contribution in [0.15, 0.2) is 30.3 Å². The largest absolute Gasteiger partial charge is 0.341 e. The van der Waals surface area contributed by atoms with E-state index < -0.39 is 5.38 Å². The number of carbonyl (C=O) groups is 1. The summed E-state index contributed by atoms with van der Waals surface area (Å²) >= 11 is 12.2. The minimum atomic E-state index is -0.519.